The van der Waals surface area contributed by atoms with Gasteiger partial charge in [0.05, 0.1) is 6.61 Å². The lowest BCUT2D eigenvalue weighted by atomic mass is 9.89. The fourth-order valence-corrected chi connectivity index (χ4v) is 2.01. The molecule has 0 aliphatic carbocycles. The first-order chi connectivity index (χ1) is 7.62. The van der Waals surface area contributed by atoms with Crippen molar-refractivity contribution in [3.05, 3.63) is 35.4 Å². The summed E-state index contributed by atoms with van der Waals surface area (Å²) in [6.45, 7) is 2.20. The molecule has 0 saturated carbocycles. The molecule has 1 aromatic rings. The Bertz CT molecular complexity index is 395. The predicted molar refractivity (Wildman–Crippen MR) is 59.3 cm³/mol. The fourth-order valence-electron chi connectivity index (χ4n) is 2.01. The van der Waals surface area contributed by atoms with E-state index >= 15 is 0 Å². The molecular weight excluding hydrogens is 207 g/mol. The molecule has 0 radical (unpaired) electrons. The molecule has 86 valence electrons. The average Bonchev–Trinajstić information content (AvgIpc) is 2.30. The SMILES string of the molecule is CC(=O)c1cccc(C2(F)CCCOC2)c1. The van der Waals surface area contributed by atoms with Crippen molar-refractivity contribution in [2.24, 2.45) is 0 Å². The number of benzene rings is 1. The van der Waals surface area contributed by atoms with Crippen molar-refractivity contribution in [2.45, 2.75) is 25.4 Å². The Morgan fingerprint density at radius 1 is 1.50 bits per heavy atom. The van der Waals surface area contributed by atoms with E-state index in [2.05, 4.69) is 0 Å². The smallest absolute Gasteiger partial charge is 0.159 e. The van der Waals surface area contributed by atoms with Crippen LogP contribution in [0.25, 0.3) is 0 Å². The van der Waals surface area contributed by atoms with E-state index in [1.807, 2.05) is 0 Å². The Morgan fingerprint density at radius 3 is 2.94 bits per heavy atom. The Hall–Kier alpha value is -1.22. The Morgan fingerprint density at radius 2 is 2.31 bits per heavy atom. The van der Waals surface area contributed by atoms with Crippen LogP contribution >= 0.6 is 0 Å². The number of ketones is 1. The van der Waals surface area contributed by atoms with Gasteiger partial charge in [0, 0.05) is 12.2 Å². The summed E-state index contributed by atoms with van der Waals surface area (Å²) >= 11 is 0. The second kappa shape index (κ2) is 4.34. The van der Waals surface area contributed by atoms with Gasteiger partial charge in [-0.2, -0.15) is 0 Å². The second-order valence-corrected chi connectivity index (χ2v) is 4.26. The van der Waals surface area contributed by atoms with Gasteiger partial charge in [-0.1, -0.05) is 18.2 Å². The Labute approximate surface area is 94.4 Å². The van der Waals surface area contributed by atoms with Gasteiger partial charge in [-0.25, -0.2) is 4.39 Å². The van der Waals surface area contributed by atoms with Gasteiger partial charge >= 0.3 is 0 Å². The molecule has 1 aromatic carbocycles. The molecule has 1 aliphatic heterocycles. The van der Waals surface area contributed by atoms with Crippen molar-refractivity contribution in [3.8, 4) is 0 Å². The number of carbonyl (C=O) groups excluding carboxylic acids is 1. The van der Waals surface area contributed by atoms with Crippen LogP contribution in [0, 0.1) is 0 Å². The first-order valence-corrected chi connectivity index (χ1v) is 5.50. The summed E-state index contributed by atoms with van der Waals surface area (Å²) in [5, 5.41) is 0. The van der Waals surface area contributed by atoms with E-state index in [9.17, 15) is 9.18 Å². The van der Waals surface area contributed by atoms with Crippen LogP contribution in [0.1, 0.15) is 35.7 Å². The van der Waals surface area contributed by atoms with Crippen LogP contribution in [-0.4, -0.2) is 19.0 Å². The molecule has 0 aromatic heterocycles. The van der Waals surface area contributed by atoms with Crippen molar-refractivity contribution in [2.75, 3.05) is 13.2 Å². The summed E-state index contributed by atoms with van der Waals surface area (Å²) in [6.07, 6.45) is 1.19. The molecule has 1 heterocycles. The summed E-state index contributed by atoms with van der Waals surface area (Å²) < 4.78 is 19.7. The van der Waals surface area contributed by atoms with Crippen LogP contribution in [0.2, 0.25) is 0 Å². The van der Waals surface area contributed by atoms with Crippen LogP contribution in [-0.2, 0) is 10.4 Å². The van der Waals surface area contributed by atoms with Crippen molar-refractivity contribution >= 4 is 5.78 Å². The molecule has 0 amide bonds. The third kappa shape index (κ3) is 2.14. The van der Waals surface area contributed by atoms with Gasteiger partial charge in [-0.3, -0.25) is 4.79 Å². The maximum Gasteiger partial charge on any atom is 0.159 e. The zero-order chi connectivity index (χ0) is 11.6. The zero-order valence-corrected chi connectivity index (χ0v) is 9.33. The maximum absolute atomic E-state index is 14.5. The summed E-state index contributed by atoms with van der Waals surface area (Å²) in [5.41, 5.74) is -0.316. The number of ether oxygens (including phenoxy) is 1. The van der Waals surface area contributed by atoms with E-state index in [0.717, 1.165) is 6.42 Å². The standard InChI is InChI=1S/C13H15FO2/c1-10(15)11-4-2-5-12(8-11)13(14)6-3-7-16-9-13/h2,4-5,8H,3,6-7,9H2,1H3. The average molecular weight is 222 g/mol. The third-order valence-electron chi connectivity index (χ3n) is 2.98. The lowest BCUT2D eigenvalue weighted by Crippen LogP contribution is -2.31. The first kappa shape index (κ1) is 11.3. The van der Waals surface area contributed by atoms with Crippen molar-refractivity contribution < 1.29 is 13.9 Å². The van der Waals surface area contributed by atoms with E-state index < -0.39 is 5.67 Å². The number of rotatable bonds is 2. The van der Waals surface area contributed by atoms with E-state index in [-0.39, 0.29) is 12.4 Å². The zero-order valence-electron chi connectivity index (χ0n) is 9.33. The van der Waals surface area contributed by atoms with Crippen molar-refractivity contribution in [1.82, 2.24) is 0 Å². The molecule has 3 heteroatoms. The molecule has 1 fully saturated rings. The summed E-state index contributed by atoms with van der Waals surface area (Å²) in [6, 6.07) is 6.79. The topological polar surface area (TPSA) is 26.3 Å². The van der Waals surface area contributed by atoms with Gasteiger partial charge in [0.25, 0.3) is 0 Å². The summed E-state index contributed by atoms with van der Waals surface area (Å²) in [7, 11) is 0. The number of carbonyl (C=O) groups is 1. The molecule has 0 N–H and O–H groups in total. The van der Waals surface area contributed by atoms with E-state index in [0.29, 0.717) is 24.2 Å². The molecule has 1 aliphatic rings. The third-order valence-corrected chi connectivity index (χ3v) is 2.98. The molecule has 0 bridgehead atoms. The van der Waals surface area contributed by atoms with E-state index in [1.54, 1.807) is 24.3 Å². The fraction of sp³-hybridized carbons (Fsp3) is 0.462. The minimum absolute atomic E-state index is 0.0397. The molecule has 1 saturated heterocycles. The minimum Gasteiger partial charge on any atom is -0.378 e. The quantitative estimate of drug-likeness (QED) is 0.719. The van der Waals surface area contributed by atoms with Gasteiger partial charge < -0.3 is 4.74 Å². The van der Waals surface area contributed by atoms with Crippen LogP contribution in [0.4, 0.5) is 4.39 Å². The van der Waals surface area contributed by atoms with E-state index in [1.165, 1.54) is 6.92 Å². The molecule has 1 unspecified atom stereocenters. The molecule has 16 heavy (non-hydrogen) atoms. The summed E-state index contributed by atoms with van der Waals surface area (Å²) in [5.74, 6) is -0.0397. The molecule has 1 atom stereocenters. The highest BCUT2D eigenvalue weighted by Crippen LogP contribution is 2.34. The maximum atomic E-state index is 14.5. The highest BCUT2D eigenvalue weighted by molar-refractivity contribution is 5.94. The van der Waals surface area contributed by atoms with Gasteiger partial charge in [-0.05, 0) is 31.4 Å². The first-order valence-electron chi connectivity index (χ1n) is 5.50. The predicted octanol–water partition coefficient (Wildman–Crippen LogP) is 2.86. The number of Topliss-reactive ketones (excluding diaryl/α,β-unsaturated/α-hetero) is 1. The molecule has 0 spiro atoms. The van der Waals surface area contributed by atoms with E-state index in [4.69, 9.17) is 4.74 Å². The minimum atomic E-state index is -1.43. The molecular formula is C13H15FO2. The molecule has 2 nitrogen and oxygen atoms in total. The monoisotopic (exact) mass is 222 g/mol. The summed E-state index contributed by atoms with van der Waals surface area (Å²) in [4.78, 5) is 11.2. The lowest BCUT2D eigenvalue weighted by Gasteiger charge is -2.30. The van der Waals surface area contributed by atoms with Gasteiger partial charge in [0.2, 0.25) is 0 Å². The second-order valence-electron chi connectivity index (χ2n) is 4.26. The number of halogens is 1. The lowest BCUT2D eigenvalue weighted by molar-refractivity contribution is -0.0347. The molecule has 2 rings (SSSR count). The Balaban J connectivity index is 2.31. The van der Waals surface area contributed by atoms with Crippen molar-refractivity contribution in [3.63, 3.8) is 0 Å². The number of hydrogen-bond donors (Lipinski definition) is 0. The van der Waals surface area contributed by atoms with Gasteiger partial charge in [-0.15, -0.1) is 0 Å². The Kier molecular flexibility index (Phi) is 3.06. The van der Waals surface area contributed by atoms with Crippen LogP contribution in [0.3, 0.4) is 0 Å². The van der Waals surface area contributed by atoms with Crippen LogP contribution in [0.15, 0.2) is 24.3 Å². The van der Waals surface area contributed by atoms with Gasteiger partial charge in [0.1, 0.15) is 0 Å². The van der Waals surface area contributed by atoms with Crippen LogP contribution < -0.4 is 0 Å². The normalized spacial score (nSPS) is 25.4. The number of alkyl halides is 1. The van der Waals surface area contributed by atoms with Crippen molar-refractivity contribution in [1.29, 1.82) is 0 Å². The largest absolute Gasteiger partial charge is 0.378 e. The van der Waals surface area contributed by atoms with Crippen LogP contribution in [0.5, 0.6) is 0 Å². The highest BCUT2D eigenvalue weighted by Gasteiger charge is 2.34. The number of hydrogen-bond acceptors (Lipinski definition) is 2. The highest BCUT2D eigenvalue weighted by atomic mass is 19.1. The van der Waals surface area contributed by atoms with Gasteiger partial charge in [0.15, 0.2) is 11.5 Å².